The van der Waals surface area contributed by atoms with Gasteiger partial charge in [-0.2, -0.15) is 0 Å². The molecule has 6 aromatic rings. The number of nitrogens with two attached hydrogens (primary N) is 1. The van der Waals surface area contributed by atoms with Gasteiger partial charge in [-0.25, -0.2) is 58.5 Å². The lowest BCUT2D eigenvalue weighted by Crippen LogP contribution is -2.50. The third kappa shape index (κ3) is 31.0. The summed E-state index contributed by atoms with van der Waals surface area (Å²) < 4.78 is 56.9. The van der Waals surface area contributed by atoms with E-state index in [1.54, 1.807) is 81.7 Å². The fourth-order valence-electron chi connectivity index (χ4n) is 11.9. The van der Waals surface area contributed by atoms with Gasteiger partial charge in [-0.05, 0) is 155 Å². The number of hydrogen-bond donors (Lipinski definition) is 2. The predicted octanol–water partition coefficient (Wildman–Crippen LogP) is 19.3. The van der Waals surface area contributed by atoms with Crippen molar-refractivity contribution in [1.82, 2.24) is 29.7 Å². The maximum Gasteiger partial charge on any atom is 0.420 e. The third-order valence-electron chi connectivity index (χ3n) is 18.4. The van der Waals surface area contributed by atoms with E-state index in [9.17, 15) is 38.4 Å². The number of benzene rings is 4. The van der Waals surface area contributed by atoms with Gasteiger partial charge in [-0.3, -0.25) is 29.2 Å². The first-order chi connectivity index (χ1) is 59.1. The molecule has 127 heavy (non-hydrogen) atoms. The molecule has 2 saturated heterocycles. The number of rotatable bonds is 27. The minimum atomic E-state index is -1.51. The van der Waals surface area contributed by atoms with Gasteiger partial charge >= 0.3 is 36.4 Å². The van der Waals surface area contributed by atoms with Crippen LogP contribution in [0.25, 0.3) is 0 Å². The van der Waals surface area contributed by atoms with E-state index < -0.39 is 80.0 Å². The van der Waals surface area contributed by atoms with Crippen LogP contribution in [0.3, 0.4) is 0 Å². The number of nitrogens with one attached hydrogen (secondary N) is 1. The van der Waals surface area contributed by atoms with E-state index in [2.05, 4.69) is 82.6 Å². The van der Waals surface area contributed by atoms with Gasteiger partial charge in [0.1, 0.15) is 115 Å². The Morgan fingerprint density at radius 3 is 1.10 bits per heavy atom. The van der Waals surface area contributed by atoms with Gasteiger partial charge in [0.25, 0.3) is 0 Å². The van der Waals surface area contributed by atoms with E-state index in [0.717, 1.165) is 29.9 Å². The molecule has 2 aromatic heterocycles. The highest BCUT2D eigenvalue weighted by molar-refractivity contribution is 6.76. The second kappa shape index (κ2) is 45.6. The van der Waals surface area contributed by atoms with Gasteiger partial charge in [0, 0.05) is 131 Å². The van der Waals surface area contributed by atoms with E-state index >= 15 is 0 Å². The van der Waals surface area contributed by atoms with Crippen LogP contribution in [-0.2, 0) is 38.0 Å². The summed E-state index contributed by atoms with van der Waals surface area (Å²) in [6.45, 7) is 45.4. The van der Waals surface area contributed by atoms with Crippen molar-refractivity contribution in [3.05, 3.63) is 119 Å². The highest BCUT2D eigenvalue weighted by atomic mass is 35.5. The molecule has 2 aliphatic heterocycles. The topological polar surface area (TPSA) is 351 Å². The van der Waals surface area contributed by atoms with Crippen LogP contribution < -0.4 is 69.2 Å². The van der Waals surface area contributed by atoms with E-state index in [0.29, 0.717) is 71.3 Å². The average Bonchev–Trinajstić information content (AvgIpc) is 0.756. The standard InChI is InChI=1S/C43H60Cl2N8O9Si.C40H58Cl2N8O8Si.C3H3ClO/c1-14-35(54)48-29-23-28(50-17-19-51(20-18-50)40(56)61-42(2,3)4)15-16-30(29)53(41(57)62-43(5,6)7)34-25-33(46-26-47-34)49(8)39(55)52(27-60-21-22-63(11,12)13)38-36(44)31(58-9)24-32(59-10)37(38)45;1-39(2,3)57-37(52)48-17-15-47(16-18-48)26-13-14-28(27(43)21-26)50(38(53)58-40(4,5)6)32-23-31(44-24-45-32)46(7)36(51)49(25-56-19-20-59(10,11)12)35-33(41)29(54-8)22-30(55-9)34(35)42;1-2-3(4)5/h14-16,23-26H,1,17-22,27H2,2-13H3,(H,48,54);13-14,21-24H,15-20,25,43H2,1-12H3;2H,1H2. The summed E-state index contributed by atoms with van der Waals surface area (Å²) in [6, 6.07) is 16.7. The summed E-state index contributed by atoms with van der Waals surface area (Å²) in [5.41, 5.74) is 6.28. The van der Waals surface area contributed by atoms with Crippen molar-refractivity contribution in [3.63, 3.8) is 0 Å². The number of urea groups is 2. The summed E-state index contributed by atoms with van der Waals surface area (Å²) in [4.78, 5) is 138. The number of aromatic nitrogens is 4. The van der Waals surface area contributed by atoms with E-state index in [1.807, 2.05) is 52.5 Å². The Morgan fingerprint density at radius 1 is 0.472 bits per heavy atom. The number of carbonyl (C=O) groups excluding carboxylic acids is 8. The van der Waals surface area contributed by atoms with Gasteiger partial charge in [-0.1, -0.05) is 98.8 Å². The number of carbonyl (C=O) groups is 8. The largest absolute Gasteiger partial charge is 0.495 e. The van der Waals surface area contributed by atoms with Crippen LogP contribution >= 0.6 is 58.0 Å². The molecule has 4 aromatic carbocycles. The lowest BCUT2D eigenvalue weighted by atomic mass is 10.1. The number of ether oxygens (including phenoxy) is 10. The first-order valence-corrected chi connectivity index (χ1v) is 49.8. The number of piperazine rings is 2. The quantitative estimate of drug-likeness (QED) is 0.00920. The summed E-state index contributed by atoms with van der Waals surface area (Å²) in [5, 5.41) is 2.53. The molecule has 41 heteroatoms. The van der Waals surface area contributed by atoms with Crippen LogP contribution in [0.4, 0.5) is 97.5 Å². The van der Waals surface area contributed by atoms with E-state index in [-0.39, 0.29) is 120 Å². The summed E-state index contributed by atoms with van der Waals surface area (Å²) in [7, 11) is 5.73. The molecule has 9 amide bonds. The zero-order chi connectivity index (χ0) is 95.3. The molecule has 4 heterocycles. The van der Waals surface area contributed by atoms with Crippen molar-refractivity contribution in [1.29, 1.82) is 0 Å². The maximum atomic E-state index is 14.7. The molecule has 2 fully saturated rings. The Kier molecular flexibility index (Phi) is 37.9. The van der Waals surface area contributed by atoms with Gasteiger partial charge in [0.05, 0.1) is 62.6 Å². The number of allylic oxidation sites excluding steroid dienone is 1. The lowest BCUT2D eigenvalue weighted by Gasteiger charge is -2.37. The van der Waals surface area contributed by atoms with Crippen LogP contribution in [0.2, 0.25) is 71.5 Å². The van der Waals surface area contributed by atoms with Crippen LogP contribution in [0.15, 0.2) is 98.6 Å². The van der Waals surface area contributed by atoms with Gasteiger partial charge in [0.2, 0.25) is 11.1 Å². The van der Waals surface area contributed by atoms with E-state index in [4.69, 9.17) is 111 Å². The number of methoxy groups -OCH3 is 4. The van der Waals surface area contributed by atoms with Crippen molar-refractivity contribution in [2.24, 2.45) is 0 Å². The normalized spacial score (nSPS) is 13.0. The number of anilines is 12. The maximum absolute atomic E-state index is 14.7. The molecule has 34 nitrogen and oxygen atoms in total. The third-order valence-corrected chi connectivity index (χ3v) is 23.4. The molecular formula is C86H121Cl5N16O18Si2. The van der Waals surface area contributed by atoms with Crippen molar-refractivity contribution >= 4 is 191 Å². The van der Waals surface area contributed by atoms with Crippen LogP contribution in [0.1, 0.15) is 83.1 Å². The Bertz CT molecular complexity index is 4830. The fraction of sp³-hybridized carbons (Fsp3) is 0.488. The number of nitrogens with zero attached hydrogens (tertiary/aromatic N) is 14. The molecule has 696 valence electrons. The molecule has 0 saturated carbocycles. The van der Waals surface area contributed by atoms with Crippen molar-refractivity contribution in [3.8, 4) is 23.0 Å². The minimum Gasteiger partial charge on any atom is -0.495 e. The molecule has 3 N–H and O–H groups in total. The SMILES string of the molecule is C=CC(=O)Cl.C=CC(=O)Nc1cc(N2CCN(C(=O)OC(C)(C)C)CC2)ccc1N(C(=O)OC(C)(C)C)c1cc(N(C)C(=O)N(COCC[Si](C)(C)C)c2c(Cl)c(OC)cc(OC)c2Cl)ncn1.COc1cc(OC)c(Cl)c(N(COCC[Si](C)(C)C)C(=O)N(C)c2cc(N(C(=O)OC(C)(C)C)c3ccc(N4CCN(C(=O)OC(C)(C)C)CC4)cc3N)ncn2)c1Cl. The highest BCUT2D eigenvalue weighted by Gasteiger charge is 2.38. The molecular weight excluding hydrogens is 1780 g/mol. The highest BCUT2D eigenvalue weighted by Crippen LogP contribution is 2.49. The van der Waals surface area contributed by atoms with Gasteiger partial charge in [0.15, 0.2) is 0 Å². The van der Waals surface area contributed by atoms with Gasteiger partial charge in [-0.15, -0.1) is 0 Å². The monoisotopic (exact) mass is 1900 g/mol. The lowest BCUT2D eigenvalue weighted by molar-refractivity contribution is -0.112. The Morgan fingerprint density at radius 2 is 0.795 bits per heavy atom. The predicted molar refractivity (Wildman–Crippen MR) is 508 cm³/mol. The Hall–Kier alpha value is -10.3. The van der Waals surface area contributed by atoms with Crippen LogP contribution in [-0.4, -0.2) is 237 Å². The first-order valence-electron chi connectivity index (χ1n) is 40.5. The fourth-order valence-corrected chi connectivity index (χ4v) is 14.8. The zero-order valence-electron chi connectivity index (χ0n) is 77.0. The number of hydrogen-bond acceptors (Lipinski definition) is 25. The second-order valence-electron chi connectivity index (χ2n) is 35.4. The molecule has 0 radical (unpaired) electrons. The summed E-state index contributed by atoms with van der Waals surface area (Å²) >= 11 is 32.0. The van der Waals surface area contributed by atoms with Crippen molar-refractivity contribution in [2.75, 3.05) is 172 Å². The van der Waals surface area contributed by atoms with Gasteiger partial charge < -0.3 is 78.0 Å². The molecule has 0 atom stereocenters. The molecule has 0 bridgehead atoms. The first kappa shape index (κ1) is 105. The average molecular weight is 1900 g/mol. The van der Waals surface area contributed by atoms with Crippen molar-refractivity contribution < 1.29 is 85.7 Å². The van der Waals surface area contributed by atoms with E-state index in [1.165, 1.54) is 109 Å². The zero-order valence-corrected chi connectivity index (χ0v) is 82.8. The molecule has 8 rings (SSSR count). The smallest absolute Gasteiger partial charge is 0.420 e. The minimum absolute atomic E-state index is 0.00113. The Balaban J connectivity index is 0.000000373. The second-order valence-corrected chi connectivity index (χ2v) is 48.5. The van der Waals surface area contributed by atoms with Crippen molar-refractivity contribution in [2.45, 2.75) is 157 Å². The molecule has 0 aliphatic carbocycles. The molecule has 0 spiro atoms. The molecule has 0 unspecified atom stereocenters. The van der Waals surface area contributed by atoms with Crippen LogP contribution in [0, 0.1) is 0 Å². The Labute approximate surface area is 771 Å². The van der Waals surface area contributed by atoms with Crippen LogP contribution in [0.5, 0.6) is 23.0 Å². The number of amides is 9. The number of nitrogen functional groups attached to an aromatic ring is 1. The molecule has 2 aliphatic rings. The number of halogens is 5. The summed E-state index contributed by atoms with van der Waals surface area (Å²) in [6.07, 6.45) is 2.21. The summed E-state index contributed by atoms with van der Waals surface area (Å²) in [5.74, 6) is 0.584.